The largest absolute Gasteiger partial charge is 0.353 e. The smallest absolute Gasteiger partial charge is 0.230 e. The zero-order valence-corrected chi connectivity index (χ0v) is 15.2. The van der Waals surface area contributed by atoms with Gasteiger partial charge in [-0.1, -0.05) is 50.6 Å². The summed E-state index contributed by atoms with van der Waals surface area (Å²) in [4.78, 5) is 16.5. The molecule has 24 heavy (non-hydrogen) atoms. The van der Waals surface area contributed by atoms with Gasteiger partial charge in [-0.3, -0.25) is 9.36 Å². The summed E-state index contributed by atoms with van der Waals surface area (Å²) in [6.07, 6.45) is 8.43. The van der Waals surface area contributed by atoms with Crippen molar-refractivity contribution in [3.63, 3.8) is 0 Å². The molecule has 128 valence electrons. The number of benzene rings is 1. The van der Waals surface area contributed by atoms with Crippen molar-refractivity contribution in [2.75, 3.05) is 5.75 Å². The molecule has 4 nitrogen and oxygen atoms in total. The van der Waals surface area contributed by atoms with Crippen LogP contribution in [0.5, 0.6) is 0 Å². The van der Waals surface area contributed by atoms with E-state index in [-0.39, 0.29) is 5.91 Å². The van der Waals surface area contributed by atoms with Crippen molar-refractivity contribution < 1.29 is 4.79 Å². The number of nitrogens with zero attached hydrogens (tertiary/aromatic N) is 2. The number of amides is 1. The summed E-state index contributed by atoms with van der Waals surface area (Å²) in [5, 5.41) is 3.98. The van der Waals surface area contributed by atoms with Crippen LogP contribution in [0.2, 0.25) is 0 Å². The Balaban J connectivity index is 1.61. The summed E-state index contributed by atoms with van der Waals surface area (Å²) >= 11 is 1.49. The van der Waals surface area contributed by atoms with Crippen molar-refractivity contribution in [1.29, 1.82) is 0 Å². The van der Waals surface area contributed by atoms with E-state index in [4.69, 9.17) is 0 Å². The van der Waals surface area contributed by atoms with Crippen molar-refractivity contribution in [3.05, 3.63) is 42.2 Å². The Morgan fingerprint density at radius 3 is 2.67 bits per heavy atom. The number of hydrogen-bond donors (Lipinski definition) is 1. The van der Waals surface area contributed by atoms with Gasteiger partial charge in [-0.25, -0.2) is 4.98 Å². The molecule has 1 fully saturated rings. The monoisotopic (exact) mass is 343 g/mol. The highest BCUT2D eigenvalue weighted by molar-refractivity contribution is 7.99. The van der Waals surface area contributed by atoms with Gasteiger partial charge in [-0.15, -0.1) is 0 Å². The van der Waals surface area contributed by atoms with Gasteiger partial charge in [0.05, 0.1) is 5.75 Å². The average molecular weight is 343 g/mol. The lowest BCUT2D eigenvalue weighted by atomic mass is 10.0. The van der Waals surface area contributed by atoms with Crippen molar-refractivity contribution in [3.8, 4) is 5.69 Å². The minimum Gasteiger partial charge on any atom is -0.353 e. The summed E-state index contributed by atoms with van der Waals surface area (Å²) in [5.41, 5.74) is 2.40. The summed E-state index contributed by atoms with van der Waals surface area (Å²) in [6, 6.07) is 8.91. The maximum Gasteiger partial charge on any atom is 0.230 e. The van der Waals surface area contributed by atoms with Crippen LogP contribution in [0, 0.1) is 0 Å². The third-order valence-corrected chi connectivity index (χ3v) is 5.46. The van der Waals surface area contributed by atoms with Gasteiger partial charge >= 0.3 is 0 Å². The second kappa shape index (κ2) is 7.88. The number of nitrogens with one attached hydrogen (secondary N) is 1. The van der Waals surface area contributed by atoms with Gasteiger partial charge in [-0.05, 0) is 36.5 Å². The first kappa shape index (κ1) is 17.1. The Hall–Kier alpha value is -1.75. The molecule has 0 unspecified atom stereocenters. The average Bonchev–Trinajstić information content (AvgIpc) is 3.24. The Morgan fingerprint density at radius 2 is 2.00 bits per heavy atom. The number of carbonyl (C=O) groups excluding carboxylic acids is 1. The van der Waals surface area contributed by atoms with Gasteiger partial charge in [-0.2, -0.15) is 0 Å². The van der Waals surface area contributed by atoms with Crippen LogP contribution in [0.15, 0.2) is 41.8 Å². The van der Waals surface area contributed by atoms with Crippen LogP contribution in [-0.4, -0.2) is 27.3 Å². The van der Waals surface area contributed by atoms with Crippen LogP contribution in [0.4, 0.5) is 0 Å². The lowest BCUT2D eigenvalue weighted by molar-refractivity contribution is -0.119. The molecule has 0 aliphatic heterocycles. The van der Waals surface area contributed by atoms with E-state index < -0.39 is 0 Å². The molecule has 0 radical (unpaired) electrons. The predicted molar refractivity (Wildman–Crippen MR) is 98.8 cm³/mol. The highest BCUT2D eigenvalue weighted by Gasteiger charge is 2.17. The zero-order valence-electron chi connectivity index (χ0n) is 14.4. The quantitative estimate of drug-likeness (QED) is 0.802. The lowest BCUT2D eigenvalue weighted by Gasteiger charge is -2.12. The van der Waals surface area contributed by atoms with Crippen molar-refractivity contribution in [2.24, 2.45) is 0 Å². The molecule has 0 spiro atoms. The fourth-order valence-corrected chi connectivity index (χ4v) is 3.87. The SMILES string of the molecule is CC(C)c1ccc(-n2ccnc2SCC(=O)NC2CCCC2)cc1. The molecule has 1 saturated carbocycles. The topological polar surface area (TPSA) is 46.9 Å². The first-order valence-corrected chi connectivity index (χ1v) is 9.68. The maximum absolute atomic E-state index is 12.1. The first-order valence-electron chi connectivity index (χ1n) is 8.69. The second-order valence-corrected chi connectivity index (χ2v) is 7.61. The number of carbonyl (C=O) groups is 1. The number of aromatic nitrogens is 2. The molecule has 0 bridgehead atoms. The highest BCUT2D eigenvalue weighted by atomic mass is 32.2. The van der Waals surface area contributed by atoms with Crippen LogP contribution in [0.1, 0.15) is 51.0 Å². The second-order valence-electron chi connectivity index (χ2n) is 6.66. The van der Waals surface area contributed by atoms with Gasteiger partial charge < -0.3 is 5.32 Å². The van der Waals surface area contributed by atoms with Gasteiger partial charge in [0.2, 0.25) is 5.91 Å². The Labute approximate surface area is 148 Å². The number of hydrogen-bond acceptors (Lipinski definition) is 3. The van der Waals surface area contributed by atoms with Crippen molar-refractivity contribution in [1.82, 2.24) is 14.9 Å². The third-order valence-electron chi connectivity index (χ3n) is 4.50. The van der Waals surface area contributed by atoms with Crippen LogP contribution < -0.4 is 5.32 Å². The van der Waals surface area contributed by atoms with Gasteiger partial charge in [0, 0.05) is 24.1 Å². The molecule has 1 N–H and O–H groups in total. The zero-order chi connectivity index (χ0) is 16.9. The Bertz CT molecular complexity index is 672. The van der Waals surface area contributed by atoms with E-state index in [1.807, 2.05) is 10.8 Å². The summed E-state index contributed by atoms with van der Waals surface area (Å²) in [6.45, 7) is 4.38. The van der Waals surface area contributed by atoms with E-state index in [9.17, 15) is 4.79 Å². The minimum atomic E-state index is 0.108. The Kier molecular flexibility index (Phi) is 5.61. The highest BCUT2D eigenvalue weighted by Crippen LogP contribution is 2.23. The third kappa shape index (κ3) is 4.20. The Morgan fingerprint density at radius 1 is 1.29 bits per heavy atom. The lowest BCUT2D eigenvalue weighted by Crippen LogP contribution is -2.33. The fraction of sp³-hybridized carbons (Fsp3) is 0.474. The van der Waals surface area contributed by atoms with E-state index in [1.165, 1.54) is 30.2 Å². The number of rotatable bonds is 6. The molecule has 1 amide bonds. The van der Waals surface area contributed by atoms with E-state index in [1.54, 1.807) is 6.20 Å². The number of thioether (sulfide) groups is 1. The summed E-state index contributed by atoms with van der Waals surface area (Å²) < 4.78 is 2.04. The number of imidazole rings is 1. The van der Waals surface area contributed by atoms with Crippen LogP contribution in [0.3, 0.4) is 0 Å². The fourth-order valence-electron chi connectivity index (χ4n) is 3.08. The molecule has 1 aromatic heterocycles. The molecule has 2 aromatic rings. The van der Waals surface area contributed by atoms with E-state index in [0.717, 1.165) is 23.7 Å². The standard InChI is InChI=1S/C19H25N3OS/c1-14(2)15-7-9-17(10-8-15)22-12-11-20-19(22)24-13-18(23)21-16-5-3-4-6-16/h7-12,14,16H,3-6,13H2,1-2H3,(H,21,23). The van der Waals surface area contributed by atoms with Gasteiger partial charge in [0.1, 0.15) is 0 Å². The molecule has 1 heterocycles. The molecule has 1 aliphatic carbocycles. The first-order chi connectivity index (χ1) is 11.6. The van der Waals surface area contributed by atoms with Gasteiger partial charge in [0.15, 0.2) is 5.16 Å². The molecular formula is C19H25N3OS. The van der Waals surface area contributed by atoms with Crippen molar-refractivity contribution >= 4 is 17.7 Å². The summed E-state index contributed by atoms with van der Waals surface area (Å²) in [5.74, 6) is 1.05. The maximum atomic E-state index is 12.1. The molecule has 1 aliphatic rings. The van der Waals surface area contributed by atoms with E-state index >= 15 is 0 Å². The normalized spacial score (nSPS) is 15.1. The summed E-state index contributed by atoms with van der Waals surface area (Å²) in [7, 11) is 0. The molecule has 0 saturated heterocycles. The molecular weight excluding hydrogens is 318 g/mol. The molecule has 5 heteroatoms. The van der Waals surface area contributed by atoms with E-state index in [0.29, 0.717) is 17.7 Å². The predicted octanol–water partition coefficient (Wildman–Crippen LogP) is 4.15. The molecule has 3 rings (SSSR count). The van der Waals surface area contributed by atoms with Crippen LogP contribution in [-0.2, 0) is 4.79 Å². The van der Waals surface area contributed by atoms with Crippen LogP contribution in [0.25, 0.3) is 5.69 Å². The van der Waals surface area contributed by atoms with Crippen LogP contribution >= 0.6 is 11.8 Å². The molecule has 0 atom stereocenters. The van der Waals surface area contributed by atoms with E-state index in [2.05, 4.69) is 48.4 Å². The van der Waals surface area contributed by atoms with Gasteiger partial charge in [0.25, 0.3) is 0 Å². The minimum absolute atomic E-state index is 0.108. The van der Waals surface area contributed by atoms with Crippen molar-refractivity contribution in [2.45, 2.75) is 56.6 Å². The molecule has 1 aromatic carbocycles.